The molecule has 2 rings (SSSR count). The van der Waals surface area contributed by atoms with E-state index >= 15 is 0 Å². The van der Waals surface area contributed by atoms with Crippen molar-refractivity contribution in [1.29, 1.82) is 0 Å². The van der Waals surface area contributed by atoms with Crippen LogP contribution < -0.4 is 0 Å². The zero-order valence-electron chi connectivity index (χ0n) is 8.14. The van der Waals surface area contributed by atoms with Gasteiger partial charge in [-0.15, -0.1) is 0 Å². The van der Waals surface area contributed by atoms with Gasteiger partial charge in [-0.05, 0) is 15.9 Å². The maximum atomic E-state index is 10.8. The van der Waals surface area contributed by atoms with Gasteiger partial charge in [0.1, 0.15) is 16.1 Å². The van der Waals surface area contributed by atoms with Gasteiger partial charge in [0.2, 0.25) is 0 Å². The Hall–Kier alpha value is -1.42. The van der Waals surface area contributed by atoms with Crippen molar-refractivity contribution >= 4 is 22.2 Å². The van der Waals surface area contributed by atoms with Crippen LogP contribution in [0.15, 0.2) is 34.9 Å². The van der Waals surface area contributed by atoms with E-state index in [0.717, 1.165) is 17.7 Å². The molecule has 0 saturated heterocycles. The van der Waals surface area contributed by atoms with Crippen LogP contribution in [0.1, 0.15) is 10.5 Å². The summed E-state index contributed by atoms with van der Waals surface area (Å²) in [6.45, 7) is 0. The van der Waals surface area contributed by atoms with Crippen LogP contribution in [0.4, 0.5) is 0 Å². The Morgan fingerprint density at radius 1 is 1.33 bits per heavy atom. The summed E-state index contributed by atoms with van der Waals surface area (Å²) in [5.41, 5.74) is 1.54. The van der Waals surface area contributed by atoms with Crippen molar-refractivity contribution in [3.05, 3.63) is 40.6 Å². The van der Waals surface area contributed by atoms with E-state index in [0.29, 0.717) is 10.3 Å². The molecule has 0 bridgehead atoms. The van der Waals surface area contributed by atoms with Crippen LogP contribution in [0.2, 0.25) is 0 Å². The highest BCUT2D eigenvalue weighted by Crippen LogP contribution is 2.23. The standard InChI is InChI=1S/C11H9BrN2O/c1-14-9(7-15)10(12)13-11(14)8-5-3-2-4-6-8/h2-7H,1H3. The lowest BCUT2D eigenvalue weighted by Crippen LogP contribution is -1.97. The van der Waals surface area contributed by atoms with Crippen molar-refractivity contribution in [3.63, 3.8) is 0 Å². The highest BCUT2D eigenvalue weighted by atomic mass is 79.9. The van der Waals surface area contributed by atoms with Gasteiger partial charge in [-0.25, -0.2) is 4.98 Å². The minimum Gasteiger partial charge on any atom is -0.324 e. The lowest BCUT2D eigenvalue weighted by atomic mass is 10.2. The Bertz CT molecular complexity index is 491. The number of halogens is 1. The van der Waals surface area contributed by atoms with Gasteiger partial charge in [0.25, 0.3) is 0 Å². The second-order valence-corrected chi connectivity index (χ2v) is 3.91. The number of carbonyl (C=O) groups is 1. The first-order valence-corrected chi connectivity index (χ1v) is 5.26. The highest BCUT2D eigenvalue weighted by Gasteiger charge is 2.12. The molecule has 15 heavy (non-hydrogen) atoms. The summed E-state index contributed by atoms with van der Waals surface area (Å²) in [5.74, 6) is 0.782. The molecule has 1 aromatic heterocycles. The fourth-order valence-electron chi connectivity index (χ4n) is 1.45. The van der Waals surface area contributed by atoms with E-state index in [-0.39, 0.29) is 0 Å². The van der Waals surface area contributed by atoms with Crippen molar-refractivity contribution in [3.8, 4) is 11.4 Å². The average Bonchev–Trinajstić information content (AvgIpc) is 2.55. The maximum absolute atomic E-state index is 10.8. The molecular formula is C11H9BrN2O. The fourth-order valence-corrected chi connectivity index (χ4v) is 1.98. The Morgan fingerprint density at radius 2 is 2.00 bits per heavy atom. The normalized spacial score (nSPS) is 10.3. The molecule has 76 valence electrons. The van der Waals surface area contributed by atoms with Gasteiger partial charge in [0.15, 0.2) is 6.29 Å². The molecule has 2 aromatic rings. The van der Waals surface area contributed by atoms with Crippen LogP contribution in [0.3, 0.4) is 0 Å². The minimum atomic E-state index is 0.550. The van der Waals surface area contributed by atoms with Crippen LogP contribution >= 0.6 is 15.9 Å². The van der Waals surface area contributed by atoms with Gasteiger partial charge in [-0.1, -0.05) is 30.3 Å². The molecule has 0 unspecified atom stereocenters. The fraction of sp³-hybridized carbons (Fsp3) is 0.0909. The molecule has 0 fully saturated rings. The van der Waals surface area contributed by atoms with E-state index in [1.54, 1.807) is 4.57 Å². The number of imidazole rings is 1. The second kappa shape index (κ2) is 3.98. The predicted octanol–water partition coefficient (Wildman–Crippen LogP) is 2.66. The van der Waals surface area contributed by atoms with Gasteiger partial charge in [-0.2, -0.15) is 0 Å². The number of hydrogen-bond acceptors (Lipinski definition) is 2. The average molecular weight is 265 g/mol. The largest absolute Gasteiger partial charge is 0.324 e. The molecule has 0 aliphatic rings. The van der Waals surface area contributed by atoms with Crippen molar-refractivity contribution in [1.82, 2.24) is 9.55 Å². The number of nitrogens with zero attached hydrogens (tertiary/aromatic N) is 2. The lowest BCUT2D eigenvalue weighted by Gasteiger charge is -2.01. The van der Waals surface area contributed by atoms with Gasteiger partial charge < -0.3 is 4.57 Å². The number of benzene rings is 1. The van der Waals surface area contributed by atoms with Crippen LogP contribution in [0, 0.1) is 0 Å². The third kappa shape index (κ3) is 1.72. The number of hydrogen-bond donors (Lipinski definition) is 0. The van der Waals surface area contributed by atoms with E-state index in [4.69, 9.17) is 0 Å². The van der Waals surface area contributed by atoms with Crippen LogP contribution in [-0.4, -0.2) is 15.8 Å². The third-order valence-corrected chi connectivity index (χ3v) is 2.82. The van der Waals surface area contributed by atoms with E-state index in [9.17, 15) is 4.79 Å². The molecule has 0 radical (unpaired) electrons. The van der Waals surface area contributed by atoms with Crippen molar-refractivity contribution in [2.24, 2.45) is 7.05 Å². The molecule has 0 spiro atoms. The van der Waals surface area contributed by atoms with E-state index < -0.39 is 0 Å². The summed E-state index contributed by atoms with van der Waals surface area (Å²) in [5, 5.41) is 0. The zero-order chi connectivity index (χ0) is 10.8. The minimum absolute atomic E-state index is 0.550. The topological polar surface area (TPSA) is 34.9 Å². The number of aldehydes is 1. The number of carbonyl (C=O) groups excluding carboxylic acids is 1. The monoisotopic (exact) mass is 264 g/mol. The Labute approximate surface area is 95.9 Å². The van der Waals surface area contributed by atoms with E-state index in [2.05, 4.69) is 20.9 Å². The van der Waals surface area contributed by atoms with Crippen molar-refractivity contribution in [2.45, 2.75) is 0 Å². The van der Waals surface area contributed by atoms with E-state index in [1.165, 1.54) is 0 Å². The van der Waals surface area contributed by atoms with Crippen LogP contribution in [0.5, 0.6) is 0 Å². The van der Waals surface area contributed by atoms with Gasteiger partial charge >= 0.3 is 0 Å². The molecule has 0 amide bonds. The summed E-state index contributed by atoms with van der Waals surface area (Å²) in [7, 11) is 1.82. The van der Waals surface area contributed by atoms with Gasteiger partial charge in [0, 0.05) is 12.6 Å². The zero-order valence-corrected chi connectivity index (χ0v) is 9.73. The van der Waals surface area contributed by atoms with Crippen LogP contribution in [-0.2, 0) is 7.05 Å². The molecule has 4 heteroatoms. The Balaban J connectivity index is 2.60. The Morgan fingerprint density at radius 3 is 2.53 bits per heavy atom. The summed E-state index contributed by atoms with van der Waals surface area (Å²) in [6, 6.07) is 9.76. The maximum Gasteiger partial charge on any atom is 0.169 e. The summed E-state index contributed by atoms with van der Waals surface area (Å²) in [4.78, 5) is 15.1. The molecule has 0 saturated carbocycles. The molecule has 0 atom stereocenters. The lowest BCUT2D eigenvalue weighted by molar-refractivity contribution is 0.111. The molecule has 0 aliphatic heterocycles. The number of rotatable bonds is 2. The van der Waals surface area contributed by atoms with E-state index in [1.807, 2.05) is 37.4 Å². The predicted molar refractivity (Wildman–Crippen MR) is 61.7 cm³/mol. The first-order valence-electron chi connectivity index (χ1n) is 4.47. The van der Waals surface area contributed by atoms with Gasteiger partial charge in [0.05, 0.1) is 0 Å². The smallest absolute Gasteiger partial charge is 0.169 e. The molecule has 3 nitrogen and oxygen atoms in total. The van der Waals surface area contributed by atoms with Crippen molar-refractivity contribution in [2.75, 3.05) is 0 Å². The SMILES string of the molecule is Cn1c(-c2ccccc2)nc(Br)c1C=O. The summed E-state index contributed by atoms with van der Waals surface area (Å²) < 4.78 is 2.35. The molecule has 1 heterocycles. The molecule has 1 aromatic carbocycles. The molecule has 0 N–H and O–H groups in total. The third-order valence-electron chi connectivity index (χ3n) is 2.24. The Kier molecular flexibility index (Phi) is 2.68. The first-order chi connectivity index (χ1) is 7.24. The van der Waals surface area contributed by atoms with Crippen molar-refractivity contribution < 1.29 is 4.79 Å². The summed E-state index contributed by atoms with van der Waals surface area (Å²) >= 11 is 3.26. The first kappa shape index (κ1) is 10.1. The van der Waals surface area contributed by atoms with Crippen LogP contribution in [0.25, 0.3) is 11.4 Å². The summed E-state index contributed by atoms with van der Waals surface area (Å²) in [6.07, 6.45) is 0.795. The quantitative estimate of drug-likeness (QED) is 0.782. The number of aromatic nitrogens is 2. The highest BCUT2D eigenvalue weighted by molar-refractivity contribution is 9.10. The second-order valence-electron chi connectivity index (χ2n) is 3.15. The van der Waals surface area contributed by atoms with Gasteiger partial charge in [-0.3, -0.25) is 4.79 Å². The molecule has 0 aliphatic carbocycles. The molecular weight excluding hydrogens is 256 g/mol.